The molecule has 1 aromatic heterocycles. The molecule has 0 unspecified atom stereocenters. The molecule has 0 spiro atoms. The summed E-state index contributed by atoms with van der Waals surface area (Å²) in [5.41, 5.74) is 2.49. The Morgan fingerprint density at radius 3 is 2.57 bits per heavy atom. The van der Waals surface area contributed by atoms with Crippen LogP contribution in [0.1, 0.15) is 5.56 Å². The molecule has 0 aliphatic rings. The van der Waals surface area contributed by atoms with Gasteiger partial charge in [0.2, 0.25) is 9.84 Å². The smallest absolute Gasteiger partial charge is 0.341 e. The minimum absolute atomic E-state index is 0.391. The average Bonchev–Trinajstić information content (AvgIpc) is 3.01. The van der Waals surface area contributed by atoms with E-state index in [-0.39, 0.29) is 0 Å². The quantitative estimate of drug-likeness (QED) is 0.472. The molecule has 0 aliphatic heterocycles. The topological polar surface area (TPSA) is 61.2 Å². The number of fused-ring (bicyclic) bond motifs is 1. The van der Waals surface area contributed by atoms with Crippen molar-refractivity contribution in [3.05, 3.63) is 53.1 Å². The summed E-state index contributed by atoms with van der Waals surface area (Å²) in [5.74, 6) is -2.93. The second-order valence-corrected chi connectivity index (χ2v) is 9.21. The van der Waals surface area contributed by atoms with Gasteiger partial charge in [-0.25, -0.2) is 13.4 Å². The van der Waals surface area contributed by atoms with E-state index >= 15 is 0 Å². The summed E-state index contributed by atoms with van der Waals surface area (Å²) in [7, 11) is -2.96. The minimum Gasteiger partial charge on any atom is -0.383 e. The highest BCUT2D eigenvalue weighted by molar-refractivity contribution is 7.98. The van der Waals surface area contributed by atoms with Gasteiger partial charge in [0.15, 0.2) is 5.16 Å². The number of hydrogen-bond acceptors (Lipinski definition) is 5. The zero-order valence-corrected chi connectivity index (χ0v) is 17.2. The molecule has 3 rings (SSSR count). The van der Waals surface area contributed by atoms with Crippen molar-refractivity contribution in [2.24, 2.45) is 0 Å². The van der Waals surface area contributed by atoms with Crippen molar-refractivity contribution in [2.75, 3.05) is 13.7 Å². The normalized spacial score (nSPS) is 12.2. The first-order valence-corrected chi connectivity index (χ1v) is 11.1. The van der Waals surface area contributed by atoms with E-state index < -0.39 is 20.5 Å². The Morgan fingerprint density at radius 1 is 1.21 bits per heavy atom. The summed E-state index contributed by atoms with van der Waals surface area (Å²) in [5, 5.41) is 1.36. The van der Waals surface area contributed by atoms with E-state index in [1.807, 2.05) is 10.6 Å². The molecule has 2 aromatic carbocycles. The molecule has 10 heteroatoms. The highest BCUT2D eigenvalue weighted by atomic mass is 35.5. The number of rotatable bonds is 8. The van der Waals surface area contributed by atoms with Crippen LogP contribution in [-0.2, 0) is 26.9 Å². The molecule has 0 bridgehead atoms. The van der Waals surface area contributed by atoms with Gasteiger partial charge in [-0.05, 0) is 35.9 Å². The third-order valence-corrected chi connectivity index (χ3v) is 6.73. The molecule has 150 valence electrons. The van der Waals surface area contributed by atoms with Gasteiger partial charge in [0.1, 0.15) is 0 Å². The number of ether oxygens (including phenoxy) is 1. The van der Waals surface area contributed by atoms with E-state index in [0.29, 0.717) is 23.9 Å². The summed E-state index contributed by atoms with van der Waals surface area (Å²) in [6.07, 6.45) is 0. The Kier molecular flexibility index (Phi) is 6.59. The van der Waals surface area contributed by atoms with Crippen LogP contribution in [0.2, 0.25) is 5.02 Å². The van der Waals surface area contributed by atoms with Crippen molar-refractivity contribution >= 4 is 44.2 Å². The number of imidazole rings is 1. The molecule has 0 atom stereocenters. The molecule has 0 N–H and O–H groups in total. The number of hydrogen-bond donors (Lipinski definition) is 0. The van der Waals surface area contributed by atoms with Crippen LogP contribution in [0.25, 0.3) is 11.0 Å². The van der Waals surface area contributed by atoms with Gasteiger partial charge >= 0.3 is 5.76 Å². The van der Waals surface area contributed by atoms with E-state index in [4.69, 9.17) is 16.3 Å². The molecule has 0 saturated carbocycles. The van der Waals surface area contributed by atoms with E-state index in [0.717, 1.165) is 21.8 Å². The Bertz CT molecular complexity index is 1070. The van der Waals surface area contributed by atoms with Crippen molar-refractivity contribution < 1.29 is 21.9 Å². The van der Waals surface area contributed by atoms with Crippen molar-refractivity contribution in [1.29, 1.82) is 0 Å². The molecular weight excluding hydrogens is 430 g/mol. The summed E-state index contributed by atoms with van der Waals surface area (Å²) in [6, 6.07) is 10.9. The predicted molar refractivity (Wildman–Crippen MR) is 106 cm³/mol. The molecular formula is C18H17ClF2N2O3S2. The molecule has 0 saturated heterocycles. The van der Waals surface area contributed by atoms with Crippen LogP contribution in [0.15, 0.2) is 52.5 Å². The fourth-order valence-corrected chi connectivity index (χ4v) is 4.50. The summed E-state index contributed by atoms with van der Waals surface area (Å²) in [4.78, 5) is 4.22. The summed E-state index contributed by atoms with van der Waals surface area (Å²) in [6.45, 7) is 1.13. The Balaban J connectivity index is 1.81. The maximum Gasteiger partial charge on any atom is 0.341 e. The Hall–Kier alpha value is -1.68. The number of alkyl halides is 2. The fraction of sp³-hybridized carbons (Fsp3) is 0.278. The van der Waals surface area contributed by atoms with E-state index in [1.165, 1.54) is 36.0 Å². The Morgan fingerprint density at radius 2 is 1.93 bits per heavy atom. The highest BCUT2D eigenvalue weighted by Gasteiger charge is 2.26. The standard InChI is InChI=1S/C18H17ClF2N2O3S2/c1-26-9-8-23-16-7-4-13(19)10-15(16)22-18(23)27-11-12-2-5-14(6-3-12)28(24,25)17(20)21/h2-7,10,17H,8-9,11H2,1H3. The first-order chi connectivity index (χ1) is 13.3. The molecule has 5 nitrogen and oxygen atoms in total. The largest absolute Gasteiger partial charge is 0.383 e. The van der Waals surface area contributed by atoms with Gasteiger partial charge in [-0.2, -0.15) is 8.78 Å². The highest BCUT2D eigenvalue weighted by Crippen LogP contribution is 2.29. The fourth-order valence-electron chi connectivity index (χ4n) is 2.62. The van der Waals surface area contributed by atoms with Crippen molar-refractivity contribution in [1.82, 2.24) is 9.55 Å². The number of methoxy groups -OCH3 is 1. The van der Waals surface area contributed by atoms with Gasteiger partial charge in [-0.1, -0.05) is 35.5 Å². The molecule has 0 fully saturated rings. The summed E-state index contributed by atoms with van der Waals surface area (Å²) < 4.78 is 55.4. The number of sulfone groups is 1. The minimum atomic E-state index is -4.58. The lowest BCUT2D eigenvalue weighted by molar-refractivity contribution is 0.186. The Labute approximate surface area is 170 Å². The van der Waals surface area contributed by atoms with E-state index in [9.17, 15) is 17.2 Å². The molecule has 3 aromatic rings. The number of thioether (sulfide) groups is 1. The lowest BCUT2D eigenvalue weighted by atomic mass is 10.2. The van der Waals surface area contributed by atoms with Gasteiger partial charge in [0, 0.05) is 24.4 Å². The monoisotopic (exact) mass is 446 g/mol. The van der Waals surface area contributed by atoms with Crippen LogP contribution in [-0.4, -0.2) is 37.4 Å². The van der Waals surface area contributed by atoms with Gasteiger partial charge in [-0.3, -0.25) is 0 Å². The van der Waals surface area contributed by atoms with Gasteiger partial charge in [0.25, 0.3) is 0 Å². The van der Waals surface area contributed by atoms with Crippen LogP contribution in [0, 0.1) is 0 Å². The van der Waals surface area contributed by atoms with Crippen LogP contribution in [0.3, 0.4) is 0 Å². The number of benzene rings is 2. The maximum absolute atomic E-state index is 12.6. The first kappa shape index (κ1) is 21.0. The third-order valence-electron chi connectivity index (χ3n) is 4.05. The van der Waals surface area contributed by atoms with Crippen LogP contribution >= 0.6 is 23.4 Å². The molecule has 0 amide bonds. The van der Waals surface area contributed by atoms with Gasteiger partial charge in [-0.15, -0.1) is 0 Å². The lowest BCUT2D eigenvalue weighted by Gasteiger charge is -2.09. The van der Waals surface area contributed by atoms with Crippen LogP contribution < -0.4 is 0 Å². The zero-order valence-electron chi connectivity index (χ0n) is 14.8. The van der Waals surface area contributed by atoms with Crippen molar-refractivity contribution in [2.45, 2.75) is 28.1 Å². The molecule has 0 aliphatic carbocycles. The van der Waals surface area contributed by atoms with E-state index in [2.05, 4.69) is 4.98 Å². The van der Waals surface area contributed by atoms with Crippen molar-refractivity contribution in [3.8, 4) is 0 Å². The van der Waals surface area contributed by atoms with Gasteiger partial charge in [0.05, 0.1) is 22.5 Å². The maximum atomic E-state index is 12.6. The molecule has 1 heterocycles. The first-order valence-electron chi connectivity index (χ1n) is 8.21. The van der Waals surface area contributed by atoms with Crippen LogP contribution in [0.4, 0.5) is 8.78 Å². The third kappa shape index (κ3) is 4.48. The van der Waals surface area contributed by atoms with E-state index in [1.54, 1.807) is 19.2 Å². The van der Waals surface area contributed by atoms with Crippen molar-refractivity contribution in [3.63, 3.8) is 0 Å². The number of aromatic nitrogens is 2. The number of nitrogens with zero attached hydrogens (tertiary/aromatic N) is 2. The zero-order chi connectivity index (χ0) is 20.3. The average molecular weight is 447 g/mol. The summed E-state index contributed by atoms with van der Waals surface area (Å²) >= 11 is 7.51. The SMILES string of the molecule is COCCn1c(SCc2ccc(S(=O)(=O)C(F)F)cc2)nc2cc(Cl)ccc21. The lowest BCUT2D eigenvalue weighted by Crippen LogP contribution is -2.11. The second-order valence-electron chi connectivity index (χ2n) is 5.91. The molecule has 28 heavy (non-hydrogen) atoms. The molecule has 0 radical (unpaired) electrons. The van der Waals surface area contributed by atoms with Gasteiger partial charge < -0.3 is 9.30 Å². The predicted octanol–water partition coefficient (Wildman–Crippen LogP) is 4.62. The van der Waals surface area contributed by atoms with Crippen LogP contribution in [0.5, 0.6) is 0 Å². The second kappa shape index (κ2) is 8.77. The number of halogens is 3.